The Morgan fingerprint density at radius 3 is 2.48 bits per heavy atom. The maximum Gasteiger partial charge on any atom is 0.262 e. The molecule has 5 atom stereocenters. The van der Waals surface area contributed by atoms with E-state index in [0.717, 1.165) is 27.6 Å². The standard InChI is InChI=1S/C40H36Cl2N6O6/c1-17(2)28(43)36(50)45-24-16-19-13-14-26-22(15-19)40(21-10-6-8-12-25(21)51-39(40)52-26)32-30(47-37(54-32)29(18(3)4)46-35(24)49)38-48-34(42)31(53-38)27-20-9-5-7-11-23(20)44-33(27)41/h5-15,17-18,24,28-29,39,44H,16,43H2,1-4H3,(H,45,50)(H,46,49)/t24-,28?,29-,39?,40?/m0/s1. The van der Waals surface area contributed by atoms with Crippen molar-refractivity contribution in [1.82, 2.24) is 25.6 Å². The molecule has 6 heterocycles. The van der Waals surface area contributed by atoms with E-state index >= 15 is 0 Å². The van der Waals surface area contributed by atoms with Crippen LogP contribution >= 0.6 is 23.2 Å². The van der Waals surface area contributed by atoms with Gasteiger partial charge in [0.2, 0.25) is 17.7 Å². The van der Waals surface area contributed by atoms with Crippen molar-refractivity contribution in [2.24, 2.45) is 17.6 Å². The van der Waals surface area contributed by atoms with Gasteiger partial charge in [0.15, 0.2) is 27.8 Å². The molecule has 276 valence electrons. The number of oxazole rings is 2. The summed E-state index contributed by atoms with van der Waals surface area (Å²) in [5, 5.41) is 7.23. The second kappa shape index (κ2) is 12.6. The van der Waals surface area contributed by atoms with Gasteiger partial charge in [0.05, 0.1) is 11.6 Å². The van der Waals surface area contributed by atoms with Gasteiger partial charge in [-0.25, -0.2) is 4.98 Å². The molecular weight excluding hydrogens is 731 g/mol. The third-order valence-corrected chi connectivity index (χ3v) is 11.1. The molecule has 0 saturated carbocycles. The van der Waals surface area contributed by atoms with Crippen LogP contribution in [-0.4, -0.2) is 45.1 Å². The number of nitrogens with two attached hydrogens (primary N) is 1. The second-order valence-corrected chi connectivity index (χ2v) is 15.4. The molecule has 3 aliphatic heterocycles. The maximum absolute atomic E-state index is 14.2. The lowest BCUT2D eigenvalue weighted by atomic mass is 9.72. The van der Waals surface area contributed by atoms with E-state index in [2.05, 4.69) is 15.6 Å². The van der Waals surface area contributed by atoms with Gasteiger partial charge in [0.25, 0.3) is 12.2 Å². The summed E-state index contributed by atoms with van der Waals surface area (Å²) >= 11 is 13.6. The monoisotopic (exact) mass is 766 g/mol. The van der Waals surface area contributed by atoms with Crippen LogP contribution in [-0.2, 0) is 21.4 Å². The predicted molar refractivity (Wildman–Crippen MR) is 201 cm³/mol. The second-order valence-electron chi connectivity index (χ2n) is 14.7. The summed E-state index contributed by atoms with van der Waals surface area (Å²) in [4.78, 5) is 40.4. The Balaban J connectivity index is 1.28. The SMILES string of the molecule is CC(C)C(N)C(=O)N[C@H]1Cc2ccc3c(c2)C2(c4ccccc4OC2O3)c2oc(nc2-c2nc(Cl)c(-c3c(Cl)[nH]c4ccccc34)o2)[C@H](C(C)C)NC1=O. The lowest BCUT2D eigenvalue weighted by Crippen LogP contribution is -2.54. The molecule has 54 heavy (non-hydrogen) atoms. The number of benzene rings is 3. The van der Waals surface area contributed by atoms with Gasteiger partial charge >= 0.3 is 0 Å². The number of ether oxygens (including phenoxy) is 2. The van der Waals surface area contributed by atoms with Crippen molar-refractivity contribution in [1.29, 1.82) is 0 Å². The normalized spacial score (nSPS) is 21.9. The van der Waals surface area contributed by atoms with Crippen LogP contribution in [0.15, 0.2) is 75.6 Å². The fourth-order valence-corrected chi connectivity index (χ4v) is 8.24. The Morgan fingerprint density at radius 2 is 1.70 bits per heavy atom. The number of nitrogens with zero attached hydrogens (tertiary/aromatic N) is 2. The molecule has 6 aromatic rings. The molecule has 12 nitrogen and oxygen atoms in total. The highest BCUT2D eigenvalue weighted by molar-refractivity contribution is 6.37. The Labute approximate surface area is 319 Å². The van der Waals surface area contributed by atoms with Crippen LogP contribution in [0.4, 0.5) is 0 Å². The number of hydrogen-bond donors (Lipinski definition) is 4. The predicted octanol–water partition coefficient (Wildman–Crippen LogP) is 7.07. The molecule has 3 aliphatic rings. The number of aromatic amines is 1. The summed E-state index contributed by atoms with van der Waals surface area (Å²) in [5.74, 6) is 0.807. The van der Waals surface area contributed by atoms with E-state index in [-0.39, 0.29) is 46.6 Å². The Hall–Kier alpha value is -5.30. The van der Waals surface area contributed by atoms with Crippen LogP contribution in [0.3, 0.4) is 0 Å². The highest BCUT2D eigenvalue weighted by atomic mass is 35.5. The molecule has 5 N–H and O–H groups in total. The number of hydrogen-bond acceptors (Lipinski definition) is 9. The summed E-state index contributed by atoms with van der Waals surface area (Å²) in [6.45, 7) is 7.59. The van der Waals surface area contributed by atoms with E-state index in [0.29, 0.717) is 28.0 Å². The third kappa shape index (κ3) is 5.14. The summed E-state index contributed by atoms with van der Waals surface area (Å²) in [6.07, 6.45) is -0.727. The van der Waals surface area contributed by atoms with Gasteiger partial charge in [-0.2, -0.15) is 4.98 Å². The van der Waals surface area contributed by atoms with E-state index in [1.54, 1.807) is 0 Å². The van der Waals surface area contributed by atoms with E-state index < -0.39 is 41.6 Å². The highest BCUT2D eigenvalue weighted by Crippen LogP contribution is 2.60. The highest BCUT2D eigenvalue weighted by Gasteiger charge is 2.63. The fourth-order valence-electron chi connectivity index (χ4n) is 7.75. The smallest absolute Gasteiger partial charge is 0.262 e. The minimum Gasteiger partial charge on any atom is -0.453 e. The number of H-pyrrole nitrogens is 1. The summed E-state index contributed by atoms with van der Waals surface area (Å²) in [6, 6.07) is 18.4. The zero-order chi connectivity index (χ0) is 37.6. The van der Waals surface area contributed by atoms with Gasteiger partial charge in [-0.1, -0.05) is 99.4 Å². The minimum absolute atomic E-state index is 0.0689. The number of halogens is 2. The molecule has 3 unspecified atom stereocenters. The molecule has 2 amide bonds. The average molecular weight is 768 g/mol. The van der Waals surface area contributed by atoms with Gasteiger partial charge in [0.1, 0.15) is 28.7 Å². The summed E-state index contributed by atoms with van der Waals surface area (Å²) < 4.78 is 26.5. The van der Waals surface area contributed by atoms with E-state index in [1.165, 1.54) is 0 Å². The number of carbonyl (C=O) groups is 2. The molecule has 3 aromatic carbocycles. The van der Waals surface area contributed by atoms with Crippen molar-refractivity contribution < 1.29 is 27.9 Å². The molecule has 14 heteroatoms. The first-order valence-electron chi connectivity index (χ1n) is 17.8. The largest absolute Gasteiger partial charge is 0.453 e. The summed E-state index contributed by atoms with van der Waals surface area (Å²) in [7, 11) is 0. The molecule has 3 aromatic heterocycles. The molecule has 0 radical (unpaired) electrons. The Morgan fingerprint density at radius 1 is 0.963 bits per heavy atom. The molecule has 1 spiro atoms. The number of aromatic nitrogens is 3. The Kier molecular flexibility index (Phi) is 8.07. The zero-order valence-corrected chi connectivity index (χ0v) is 31.2. The van der Waals surface area contributed by atoms with Crippen molar-refractivity contribution in [2.75, 3.05) is 0 Å². The molecule has 9 rings (SSSR count). The lowest BCUT2D eigenvalue weighted by molar-refractivity contribution is -0.130. The third-order valence-electron chi connectivity index (χ3n) is 10.6. The van der Waals surface area contributed by atoms with Crippen molar-refractivity contribution >= 4 is 45.9 Å². The number of amides is 2. The molecular formula is C40H36Cl2N6O6. The summed E-state index contributed by atoms with van der Waals surface area (Å²) in [5.41, 5.74) is 8.89. The van der Waals surface area contributed by atoms with Crippen molar-refractivity contribution in [3.63, 3.8) is 0 Å². The number of fused-ring (bicyclic) bond motifs is 5. The first-order chi connectivity index (χ1) is 25.9. The van der Waals surface area contributed by atoms with Gasteiger partial charge in [-0.05, 0) is 35.6 Å². The number of nitrogens with one attached hydrogen (secondary N) is 3. The molecule has 0 aliphatic carbocycles. The van der Waals surface area contributed by atoms with Crippen LogP contribution in [0, 0.1) is 11.8 Å². The first kappa shape index (κ1) is 34.5. The van der Waals surface area contributed by atoms with E-state index in [4.69, 9.17) is 57.2 Å². The number of carbonyl (C=O) groups excluding carboxylic acids is 2. The fraction of sp³-hybridized carbons (Fsp3) is 0.300. The van der Waals surface area contributed by atoms with Crippen molar-refractivity contribution in [3.05, 3.63) is 105 Å². The molecule has 0 saturated heterocycles. The van der Waals surface area contributed by atoms with Crippen molar-refractivity contribution in [2.45, 2.75) is 63.9 Å². The van der Waals surface area contributed by atoms with Gasteiger partial charge < -0.3 is 39.7 Å². The first-order valence-corrected chi connectivity index (χ1v) is 18.6. The van der Waals surface area contributed by atoms with Crippen LogP contribution in [0.2, 0.25) is 10.3 Å². The average Bonchev–Trinajstić information content (AvgIpc) is 3.95. The van der Waals surface area contributed by atoms with Crippen LogP contribution in [0.1, 0.15) is 62.1 Å². The lowest BCUT2D eigenvalue weighted by Gasteiger charge is -2.28. The van der Waals surface area contributed by atoms with Gasteiger partial charge in [-0.15, -0.1) is 0 Å². The molecule has 4 bridgehead atoms. The zero-order valence-electron chi connectivity index (χ0n) is 29.7. The van der Waals surface area contributed by atoms with E-state index in [1.807, 2.05) is 94.4 Å². The topological polar surface area (TPSA) is 171 Å². The quantitative estimate of drug-likeness (QED) is 0.139. The van der Waals surface area contributed by atoms with Crippen LogP contribution < -0.4 is 25.8 Å². The number of rotatable bonds is 6. The van der Waals surface area contributed by atoms with Crippen LogP contribution in [0.25, 0.3) is 33.8 Å². The maximum atomic E-state index is 14.2. The van der Waals surface area contributed by atoms with Crippen LogP contribution in [0.5, 0.6) is 11.5 Å². The van der Waals surface area contributed by atoms with Gasteiger partial charge in [0, 0.05) is 28.5 Å². The number of para-hydroxylation sites is 2. The van der Waals surface area contributed by atoms with E-state index in [9.17, 15) is 9.59 Å². The van der Waals surface area contributed by atoms with Gasteiger partial charge in [-0.3, -0.25) is 9.59 Å². The molecule has 0 fully saturated rings. The Bertz CT molecular complexity index is 2490. The van der Waals surface area contributed by atoms with Crippen molar-refractivity contribution in [3.8, 4) is 34.4 Å². The minimum atomic E-state index is -1.20.